The maximum atomic E-state index is 12.7. The van der Waals surface area contributed by atoms with E-state index in [1.165, 1.54) is 18.9 Å². The lowest BCUT2D eigenvalue weighted by molar-refractivity contribution is 0.0549. The second-order valence-corrected chi connectivity index (χ2v) is 6.18. The van der Waals surface area contributed by atoms with E-state index in [1.807, 2.05) is 42.5 Å². The molecule has 0 spiro atoms. The van der Waals surface area contributed by atoms with Crippen molar-refractivity contribution in [1.82, 2.24) is 14.8 Å². The fourth-order valence-corrected chi connectivity index (χ4v) is 3.24. The number of aromatic nitrogens is 3. The molecule has 0 unspecified atom stereocenters. The summed E-state index contributed by atoms with van der Waals surface area (Å²) in [6, 6.07) is 18.4. The van der Waals surface area contributed by atoms with Crippen LogP contribution in [0.25, 0.3) is 27.8 Å². The summed E-state index contributed by atoms with van der Waals surface area (Å²) >= 11 is 0. The Morgan fingerprint density at radius 1 is 0.862 bits per heavy atom. The minimum atomic E-state index is -0.693. The van der Waals surface area contributed by atoms with Crippen LogP contribution in [0.5, 0.6) is 0 Å². The quantitative estimate of drug-likeness (QED) is 0.497. The Bertz CT molecular complexity index is 1210. The van der Waals surface area contributed by atoms with E-state index in [2.05, 4.69) is 10.1 Å². The molecule has 0 bridgehead atoms. The average molecular weight is 387 g/mol. The van der Waals surface area contributed by atoms with Gasteiger partial charge in [0.15, 0.2) is 5.69 Å². The van der Waals surface area contributed by atoms with Gasteiger partial charge >= 0.3 is 11.9 Å². The molecule has 0 saturated heterocycles. The number of ether oxygens (including phenoxy) is 2. The summed E-state index contributed by atoms with van der Waals surface area (Å²) < 4.78 is 11.3. The summed E-state index contributed by atoms with van der Waals surface area (Å²) in [5.41, 5.74) is 2.20. The molecule has 2 aromatic carbocycles. The predicted molar refractivity (Wildman–Crippen MR) is 107 cm³/mol. The number of hydrogen-bond acceptors (Lipinski definition) is 6. The van der Waals surface area contributed by atoms with Gasteiger partial charge in [-0.25, -0.2) is 14.3 Å². The summed E-state index contributed by atoms with van der Waals surface area (Å²) in [6.45, 7) is 0. The molecule has 4 aromatic rings. The molecule has 0 fully saturated rings. The number of rotatable bonds is 4. The van der Waals surface area contributed by atoms with Crippen LogP contribution in [0.2, 0.25) is 0 Å². The van der Waals surface area contributed by atoms with Crippen molar-refractivity contribution in [2.45, 2.75) is 0 Å². The van der Waals surface area contributed by atoms with Gasteiger partial charge in [0, 0.05) is 17.1 Å². The van der Waals surface area contributed by atoms with Crippen LogP contribution in [0.3, 0.4) is 0 Å². The first-order valence-electron chi connectivity index (χ1n) is 8.85. The van der Waals surface area contributed by atoms with Crippen molar-refractivity contribution in [2.75, 3.05) is 14.2 Å². The number of para-hydroxylation sites is 2. The molecular weight excluding hydrogens is 370 g/mol. The Hall–Kier alpha value is -4.00. The van der Waals surface area contributed by atoms with E-state index in [0.29, 0.717) is 22.5 Å². The molecule has 2 heterocycles. The highest BCUT2D eigenvalue weighted by molar-refractivity contribution is 6.09. The zero-order chi connectivity index (χ0) is 20.4. The summed E-state index contributed by atoms with van der Waals surface area (Å²) in [5.74, 6) is -1.38. The first kappa shape index (κ1) is 18.4. The summed E-state index contributed by atoms with van der Waals surface area (Å²) in [6.07, 6.45) is 1.67. The lowest BCUT2D eigenvalue weighted by Gasteiger charge is -2.07. The SMILES string of the molecule is COC(=O)c1c(-c2cccc3cccnc23)nn(-c2ccccc2)c1C(=O)OC. The molecule has 0 saturated carbocycles. The maximum absolute atomic E-state index is 12.7. The first-order valence-corrected chi connectivity index (χ1v) is 8.85. The Balaban J connectivity index is 2.10. The molecule has 4 rings (SSSR count). The third-order valence-electron chi connectivity index (χ3n) is 4.54. The molecule has 144 valence electrons. The van der Waals surface area contributed by atoms with Crippen molar-refractivity contribution >= 4 is 22.8 Å². The molecule has 0 N–H and O–H groups in total. The van der Waals surface area contributed by atoms with Crippen LogP contribution in [-0.2, 0) is 9.47 Å². The molecule has 0 amide bonds. The predicted octanol–water partition coefficient (Wildman–Crippen LogP) is 3.66. The van der Waals surface area contributed by atoms with Gasteiger partial charge in [0.2, 0.25) is 0 Å². The number of carbonyl (C=O) groups excluding carboxylic acids is 2. The summed E-state index contributed by atoms with van der Waals surface area (Å²) in [4.78, 5) is 29.8. The molecule has 0 aliphatic carbocycles. The minimum absolute atomic E-state index is 0.00603. The van der Waals surface area contributed by atoms with Gasteiger partial charge in [-0.2, -0.15) is 5.10 Å². The van der Waals surface area contributed by atoms with Gasteiger partial charge in [-0.1, -0.05) is 42.5 Å². The van der Waals surface area contributed by atoms with Crippen molar-refractivity contribution in [2.24, 2.45) is 0 Å². The number of fused-ring (bicyclic) bond motifs is 1. The molecule has 29 heavy (non-hydrogen) atoms. The van der Waals surface area contributed by atoms with Crippen LogP contribution in [0, 0.1) is 0 Å². The van der Waals surface area contributed by atoms with Crippen molar-refractivity contribution in [3.63, 3.8) is 0 Å². The van der Waals surface area contributed by atoms with Crippen LogP contribution in [0.1, 0.15) is 20.8 Å². The molecular formula is C22H17N3O4. The van der Waals surface area contributed by atoms with Gasteiger partial charge < -0.3 is 9.47 Å². The average Bonchev–Trinajstić information content (AvgIpc) is 3.18. The molecule has 0 aliphatic heterocycles. The van der Waals surface area contributed by atoms with E-state index in [4.69, 9.17) is 9.47 Å². The third-order valence-corrected chi connectivity index (χ3v) is 4.54. The number of esters is 2. The maximum Gasteiger partial charge on any atom is 0.357 e. The normalized spacial score (nSPS) is 10.7. The fourth-order valence-electron chi connectivity index (χ4n) is 3.24. The zero-order valence-corrected chi connectivity index (χ0v) is 15.8. The lowest BCUT2D eigenvalue weighted by Crippen LogP contribution is -2.15. The number of benzene rings is 2. The molecule has 0 atom stereocenters. The molecule has 0 aliphatic rings. The molecule has 2 aromatic heterocycles. The van der Waals surface area contributed by atoms with Crippen LogP contribution < -0.4 is 0 Å². The molecule has 7 heteroatoms. The van der Waals surface area contributed by atoms with E-state index in [-0.39, 0.29) is 11.3 Å². The third kappa shape index (κ3) is 3.12. The molecule has 7 nitrogen and oxygen atoms in total. The highest BCUT2D eigenvalue weighted by atomic mass is 16.5. The smallest absolute Gasteiger partial charge is 0.357 e. The van der Waals surface area contributed by atoms with Gasteiger partial charge in [0.05, 0.1) is 25.4 Å². The van der Waals surface area contributed by atoms with Gasteiger partial charge in [-0.05, 0) is 18.2 Å². The van der Waals surface area contributed by atoms with E-state index < -0.39 is 11.9 Å². The fraction of sp³-hybridized carbons (Fsp3) is 0.0909. The topological polar surface area (TPSA) is 83.3 Å². The number of pyridine rings is 1. The summed E-state index contributed by atoms with van der Waals surface area (Å²) in [7, 11) is 2.51. The second-order valence-electron chi connectivity index (χ2n) is 6.18. The van der Waals surface area contributed by atoms with Gasteiger partial charge in [-0.15, -0.1) is 0 Å². The Morgan fingerprint density at radius 3 is 2.31 bits per heavy atom. The largest absolute Gasteiger partial charge is 0.465 e. The number of hydrogen-bond donors (Lipinski definition) is 0. The van der Waals surface area contributed by atoms with Crippen LogP contribution in [0.4, 0.5) is 0 Å². The van der Waals surface area contributed by atoms with Crippen molar-refractivity contribution in [3.05, 3.63) is 78.1 Å². The monoisotopic (exact) mass is 387 g/mol. The standard InChI is InChI=1S/C22H17N3O4/c1-28-21(26)17-19(16-12-6-8-14-9-7-13-23-18(14)16)24-25(20(17)22(27)29-2)15-10-4-3-5-11-15/h3-13H,1-2H3. The van der Waals surface area contributed by atoms with Crippen LogP contribution in [-0.4, -0.2) is 40.9 Å². The van der Waals surface area contributed by atoms with Crippen molar-refractivity contribution in [1.29, 1.82) is 0 Å². The van der Waals surface area contributed by atoms with E-state index in [9.17, 15) is 9.59 Å². The highest BCUT2D eigenvalue weighted by Crippen LogP contribution is 2.32. The van der Waals surface area contributed by atoms with Crippen LogP contribution in [0.15, 0.2) is 66.9 Å². The van der Waals surface area contributed by atoms with Gasteiger partial charge in [-0.3, -0.25) is 4.98 Å². The van der Waals surface area contributed by atoms with Crippen molar-refractivity contribution in [3.8, 4) is 16.9 Å². The van der Waals surface area contributed by atoms with Crippen molar-refractivity contribution < 1.29 is 19.1 Å². The van der Waals surface area contributed by atoms with E-state index >= 15 is 0 Å². The first-order chi connectivity index (χ1) is 14.2. The Kier molecular flexibility index (Phi) is 4.78. The Labute approximate surface area is 166 Å². The number of nitrogens with zero attached hydrogens (tertiary/aromatic N) is 3. The van der Waals surface area contributed by atoms with E-state index in [0.717, 1.165) is 5.39 Å². The van der Waals surface area contributed by atoms with Gasteiger partial charge in [0.25, 0.3) is 0 Å². The number of methoxy groups -OCH3 is 2. The number of carbonyl (C=O) groups is 2. The van der Waals surface area contributed by atoms with E-state index in [1.54, 1.807) is 24.4 Å². The Morgan fingerprint density at radius 2 is 1.59 bits per heavy atom. The van der Waals surface area contributed by atoms with Gasteiger partial charge in [0.1, 0.15) is 11.3 Å². The second kappa shape index (κ2) is 7.55. The summed E-state index contributed by atoms with van der Waals surface area (Å²) in [5, 5.41) is 5.50. The molecule has 0 radical (unpaired) electrons. The highest BCUT2D eigenvalue weighted by Gasteiger charge is 2.32. The van der Waals surface area contributed by atoms with Crippen LogP contribution >= 0.6 is 0 Å². The lowest BCUT2D eigenvalue weighted by atomic mass is 10.0. The minimum Gasteiger partial charge on any atom is -0.465 e. The zero-order valence-electron chi connectivity index (χ0n) is 15.8.